The maximum Gasteiger partial charge on any atom is 0.333 e. The Balaban J connectivity index is 1.65. The Bertz CT molecular complexity index is 1390. The van der Waals surface area contributed by atoms with E-state index in [2.05, 4.69) is 39.5 Å². The van der Waals surface area contributed by atoms with Crippen LogP contribution in [0.3, 0.4) is 0 Å². The van der Waals surface area contributed by atoms with E-state index in [1.165, 1.54) is 0 Å². The highest BCUT2D eigenvalue weighted by atomic mass is 32.1. The third kappa shape index (κ3) is 5.25. The average Bonchev–Trinajstić information content (AvgIpc) is 3.00. The van der Waals surface area contributed by atoms with Gasteiger partial charge in [0, 0.05) is 20.6 Å². The van der Waals surface area contributed by atoms with E-state index in [-0.39, 0.29) is 41.2 Å². The van der Waals surface area contributed by atoms with Gasteiger partial charge in [-0.2, -0.15) is 25.3 Å². The Morgan fingerprint density at radius 1 is 0.894 bits per heavy atom. The number of rotatable bonds is 5. The van der Waals surface area contributed by atoms with Gasteiger partial charge in [0.05, 0.1) is 24.2 Å². The molecular formula is C36H54O8S3. The minimum Gasteiger partial charge on any atom is -0.454 e. The normalized spacial score (nSPS) is 49.8. The number of hydrogen-bond acceptors (Lipinski definition) is 11. The molecule has 0 bridgehead atoms. The van der Waals surface area contributed by atoms with Crippen molar-refractivity contribution in [3.63, 3.8) is 0 Å². The van der Waals surface area contributed by atoms with E-state index in [4.69, 9.17) is 34.7 Å². The van der Waals surface area contributed by atoms with Gasteiger partial charge in [-0.1, -0.05) is 37.6 Å². The highest BCUT2D eigenvalue weighted by molar-refractivity contribution is 7.82. The number of fused-ring (bicyclic) bond motifs is 7. The number of thiol groups is 3. The van der Waals surface area contributed by atoms with Gasteiger partial charge in [-0.25, -0.2) is 9.59 Å². The number of carbonyl (C=O) groups excluding carboxylic acids is 2. The first kappa shape index (κ1) is 37.3. The molecular weight excluding hydrogens is 657 g/mol. The molecule has 5 rings (SSSR count). The van der Waals surface area contributed by atoms with Crippen molar-refractivity contribution >= 4 is 49.8 Å². The Morgan fingerprint density at radius 3 is 2.02 bits per heavy atom. The molecule has 4 N–H and O–H groups in total. The molecule has 0 aliphatic heterocycles. The van der Waals surface area contributed by atoms with Crippen LogP contribution in [0.4, 0.5) is 0 Å². The third-order valence-electron chi connectivity index (χ3n) is 13.8. The number of ether oxygens (including phenoxy) is 2. The third-order valence-corrected chi connectivity index (χ3v) is 15.8. The molecule has 13 atom stereocenters. The molecule has 3 unspecified atom stereocenters. The molecule has 0 spiro atoms. The largest absolute Gasteiger partial charge is 0.454 e. The molecule has 0 aromatic rings. The second kappa shape index (κ2) is 12.4. The average molecular weight is 711 g/mol. The van der Waals surface area contributed by atoms with E-state index >= 15 is 0 Å². The van der Waals surface area contributed by atoms with Gasteiger partial charge < -0.3 is 29.9 Å². The van der Waals surface area contributed by atoms with Crippen LogP contribution in [0.5, 0.6) is 0 Å². The molecule has 0 amide bonds. The zero-order valence-electron chi connectivity index (χ0n) is 28.7. The molecule has 0 aromatic carbocycles. The van der Waals surface area contributed by atoms with Crippen LogP contribution in [0.1, 0.15) is 93.4 Å². The molecule has 11 heteroatoms. The molecule has 0 radical (unpaired) electrons. The fourth-order valence-corrected chi connectivity index (χ4v) is 12.3. The lowest BCUT2D eigenvalue weighted by atomic mass is 9.38. The summed E-state index contributed by atoms with van der Waals surface area (Å²) in [6, 6.07) is 0. The highest BCUT2D eigenvalue weighted by Crippen LogP contribution is 2.74. The SMILES string of the molecule is C/C=C(/C)C(=O)O[C@H]1[C@H](OC(=O)/C(C)=C\C)[C@@](O)(S)CC2C3=CCC4[C@@]5(C)CC[C@H](O)[C@@](C)(S)C5CC[C@@]4(C)[C@]3(S)C[C@@H](O)[C@]21CO. The van der Waals surface area contributed by atoms with Crippen LogP contribution in [-0.4, -0.2) is 77.8 Å². The van der Waals surface area contributed by atoms with Crippen molar-refractivity contribution in [3.05, 3.63) is 34.9 Å². The van der Waals surface area contributed by atoms with E-state index in [1.807, 2.05) is 0 Å². The standard InChI is InChI=1S/C36H54O8S3/c1-8-19(3)29(40)43-27-28(44-30(41)20(4)9-2)36(42,47)16-22-21-10-11-23-31(5)14-13-25(38)33(7,45)24(31)12-15-32(23,6)35(21,46)17-26(39)34(22,27)18-37/h8-10,22-28,37-39,42,45-47H,11-18H2,1-7H3/b19-8-,20-9-/t22?,23?,24?,25-,26+,27-,28-,31+,32+,33-,34-,35-,36-/m0/s1. The molecule has 0 saturated heterocycles. The summed E-state index contributed by atoms with van der Waals surface area (Å²) in [5.41, 5.74) is -0.592. The van der Waals surface area contributed by atoms with Gasteiger partial charge in [0.1, 0.15) is 4.93 Å². The van der Waals surface area contributed by atoms with Gasteiger partial charge in [0.2, 0.25) is 0 Å². The summed E-state index contributed by atoms with van der Waals surface area (Å²) in [6.07, 6.45) is 4.61. The van der Waals surface area contributed by atoms with E-state index in [0.717, 1.165) is 24.8 Å². The van der Waals surface area contributed by atoms with Crippen molar-refractivity contribution in [2.45, 2.75) is 132 Å². The van der Waals surface area contributed by atoms with E-state index < -0.39 is 74.1 Å². The summed E-state index contributed by atoms with van der Waals surface area (Å²) in [5.74, 6) is -1.78. The Kier molecular flexibility index (Phi) is 9.82. The predicted molar refractivity (Wildman–Crippen MR) is 190 cm³/mol. The van der Waals surface area contributed by atoms with Crippen molar-refractivity contribution in [2.24, 2.45) is 34.0 Å². The fourth-order valence-electron chi connectivity index (χ4n) is 10.7. The number of hydrogen-bond donors (Lipinski definition) is 7. The van der Waals surface area contributed by atoms with Gasteiger partial charge in [0.15, 0.2) is 12.2 Å². The van der Waals surface area contributed by atoms with Crippen LogP contribution >= 0.6 is 37.9 Å². The summed E-state index contributed by atoms with van der Waals surface area (Å²) in [5, 5.41) is 46.7. The van der Waals surface area contributed by atoms with Crippen molar-refractivity contribution in [2.75, 3.05) is 6.61 Å². The molecule has 4 saturated carbocycles. The van der Waals surface area contributed by atoms with Gasteiger partial charge in [-0.3, -0.25) is 0 Å². The van der Waals surface area contributed by atoms with Crippen molar-refractivity contribution in [1.82, 2.24) is 0 Å². The van der Waals surface area contributed by atoms with Crippen LogP contribution < -0.4 is 0 Å². The summed E-state index contributed by atoms with van der Waals surface area (Å²) in [7, 11) is 0. The monoisotopic (exact) mass is 710 g/mol. The van der Waals surface area contributed by atoms with Crippen LogP contribution in [0.15, 0.2) is 34.9 Å². The minimum atomic E-state index is -1.98. The highest BCUT2D eigenvalue weighted by Gasteiger charge is 2.74. The smallest absolute Gasteiger partial charge is 0.333 e. The lowest BCUT2D eigenvalue weighted by molar-refractivity contribution is -0.252. The summed E-state index contributed by atoms with van der Waals surface area (Å²) >= 11 is 15.2. The van der Waals surface area contributed by atoms with Crippen LogP contribution in [0, 0.1) is 34.0 Å². The first-order valence-electron chi connectivity index (χ1n) is 17.0. The molecule has 47 heavy (non-hydrogen) atoms. The molecule has 8 nitrogen and oxygen atoms in total. The van der Waals surface area contributed by atoms with E-state index in [9.17, 15) is 30.0 Å². The zero-order chi connectivity index (χ0) is 35.1. The lowest BCUT2D eigenvalue weighted by Gasteiger charge is -2.71. The van der Waals surface area contributed by atoms with Gasteiger partial charge in [0.25, 0.3) is 0 Å². The topological polar surface area (TPSA) is 134 Å². The van der Waals surface area contributed by atoms with Gasteiger partial charge in [-0.05, 0) is 108 Å². The molecule has 264 valence electrons. The van der Waals surface area contributed by atoms with Crippen LogP contribution in [-0.2, 0) is 19.1 Å². The quantitative estimate of drug-likeness (QED) is 0.0698. The molecule has 0 heterocycles. The molecule has 4 fully saturated rings. The number of carbonyl (C=O) groups is 2. The second-order valence-corrected chi connectivity index (χ2v) is 18.3. The van der Waals surface area contributed by atoms with Gasteiger partial charge >= 0.3 is 11.9 Å². The van der Waals surface area contributed by atoms with Crippen molar-refractivity contribution in [3.8, 4) is 0 Å². The van der Waals surface area contributed by atoms with Crippen LogP contribution in [0.2, 0.25) is 0 Å². The maximum atomic E-state index is 13.4. The van der Waals surface area contributed by atoms with E-state index in [0.29, 0.717) is 12.8 Å². The summed E-state index contributed by atoms with van der Waals surface area (Å²) in [4.78, 5) is 24.5. The lowest BCUT2D eigenvalue weighted by Crippen LogP contribution is -2.75. The molecule has 5 aliphatic carbocycles. The molecule has 0 aromatic heterocycles. The minimum absolute atomic E-state index is 0.0765. The zero-order valence-corrected chi connectivity index (χ0v) is 31.4. The number of aliphatic hydroxyl groups is 4. The summed E-state index contributed by atoms with van der Waals surface area (Å²) in [6.45, 7) is 12.6. The van der Waals surface area contributed by atoms with Crippen LogP contribution in [0.25, 0.3) is 0 Å². The Hall–Kier alpha value is -0.950. The maximum absolute atomic E-state index is 13.4. The Morgan fingerprint density at radius 2 is 1.47 bits per heavy atom. The predicted octanol–water partition coefficient (Wildman–Crippen LogP) is 5.00. The fraction of sp³-hybridized carbons (Fsp3) is 0.778. The summed E-state index contributed by atoms with van der Waals surface area (Å²) < 4.78 is 10.6. The first-order valence-corrected chi connectivity index (χ1v) is 18.3. The Labute approximate surface area is 296 Å². The molecule has 5 aliphatic rings. The second-order valence-electron chi connectivity index (χ2n) is 15.8. The first-order chi connectivity index (χ1) is 21.7. The number of aliphatic hydroxyl groups excluding tert-OH is 3. The number of esters is 2. The van der Waals surface area contributed by atoms with Gasteiger partial charge in [-0.15, -0.1) is 12.6 Å². The van der Waals surface area contributed by atoms with E-state index in [1.54, 1.807) is 39.8 Å². The van der Waals surface area contributed by atoms with Crippen molar-refractivity contribution in [1.29, 1.82) is 0 Å². The number of allylic oxidation sites excluding steroid dienone is 3. The van der Waals surface area contributed by atoms with Crippen molar-refractivity contribution < 1.29 is 39.5 Å².